The standard InChI is InChI=1S/C26H26N4O2/c1-30(26(32)21-11-10-20-12-15-28-24(20)18-21)22(17-19-7-3-2-4-8-19)13-16-29-25(31)23-9-5-6-14-27-23/h2-12,14-15,18,22,28H,13,16-17H2,1H3,(H,29,31). The van der Waals surface area contributed by atoms with Crippen molar-refractivity contribution in [3.8, 4) is 0 Å². The summed E-state index contributed by atoms with van der Waals surface area (Å²) in [5, 5.41) is 4.00. The third-order valence-corrected chi connectivity index (χ3v) is 5.64. The van der Waals surface area contributed by atoms with Crippen molar-refractivity contribution in [2.24, 2.45) is 0 Å². The van der Waals surface area contributed by atoms with E-state index in [0.29, 0.717) is 30.6 Å². The van der Waals surface area contributed by atoms with Gasteiger partial charge in [-0.25, -0.2) is 0 Å². The fourth-order valence-electron chi connectivity index (χ4n) is 3.81. The Kier molecular flexibility index (Phi) is 6.60. The number of likely N-dealkylation sites (N-methyl/N-ethyl adjacent to an activating group) is 1. The first kappa shape index (κ1) is 21.3. The highest BCUT2D eigenvalue weighted by Gasteiger charge is 2.22. The molecule has 0 saturated heterocycles. The van der Waals surface area contributed by atoms with Crippen LogP contribution in [0.4, 0.5) is 0 Å². The molecule has 0 fully saturated rings. The van der Waals surface area contributed by atoms with E-state index in [1.165, 1.54) is 0 Å². The van der Waals surface area contributed by atoms with Crippen LogP contribution in [0, 0.1) is 0 Å². The van der Waals surface area contributed by atoms with Gasteiger partial charge in [-0.15, -0.1) is 0 Å². The van der Waals surface area contributed by atoms with Crippen LogP contribution in [0.5, 0.6) is 0 Å². The Morgan fingerprint density at radius 2 is 1.84 bits per heavy atom. The van der Waals surface area contributed by atoms with Gasteiger partial charge in [0.05, 0.1) is 0 Å². The van der Waals surface area contributed by atoms with E-state index in [0.717, 1.165) is 16.5 Å². The zero-order valence-electron chi connectivity index (χ0n) is 18.0. The van der Waals surface area contributed by atoms with Gasteiger partial charge in [0.15, 0.2) is 0 Å². The van der Waals surface area contributed by atoms with E-state index in [-0.39, 0.29) is 17.9 Å². The molecule has 1 atom stereocenters. The SMILES string of the molecule is CN(C(=O)c1ccc2cc[nH]c2c1)C(CCNC(=O)c1ccccn1)Cc1ccccc1. The Hall–Kier alpha value is -3.93. The molecule has 6 heteroatoms. The van der Waals surface area contributed by atoms with Crippen LogP contribution in [-0.4, -0.2) is 46.3 Å². The average Bonchev–Trinajstić information content (AvgIpc) is 3.31. The lowest BCUT2D eigenvalue weighted by molar-refractivity contribution is 0.0723. The Labute approximate surface area is 187 Å². The first-order chi connectivity index (χ1) is 15.6. The zero-order chi connectivity index (χ0) is 22.3. The first-order valence-electron chi connectivity index (χ1n) is 10.7. The second kappa shape index (κ2) is 9.92. The van der Waals surface area contributed by atoms with Gasteiger partial charge in [-0.3, -0.25) is 14.6 Å². The number of fused-ring (bicyclic) bond motifs is 1. The summed E-state index contributed by atoms with van der Waals surface area (Å²) in [6.07, 6.45) is 4.79. The molecular weight excluding hydrogens is 400 g/mol. The predicted molar refractivity (Wildman–Crippen MR) is 126 cm³/mol. The van der Waals surface area contributed by atoms with Crippen LogP contribution in [0.1, 0.15) is 32.8 Å². The van der Waals surface area contributed by atoms with Crippen LogP contribution < -0.4 is 5.32 Å². The molecule has 4 aromatic rings. The summed E-state index contributed by atoms with van der Waals surface area (Å²) in [7, 11) is 1.83. The molecule has 2 N–H and O–H groups in total. The van der Waals surface area contributed by atoms with Crippen molar-refractivity contribution in [3.05, 3.63) is 102 Å². The lowest BCUT2D eigenvalue weighted by atomic mass is 10.0. The molecule has 0 aliphatic carbocycles. The van der Waals surface area contributed by atoms with Crippen molar-refractivity contribution < 1.29 is 9.59 Å². The summed E-state index contributed by atoms with van der Waals surface area (Å²) in [4.78, 5) is 34.7. The summed E-state index contributed by atoms with van der Waals surface area (Å²) >= 11 is 0. The number of rotatable bonds is 8. The highest BCUT2D eigenvalue weighted by molar-refractivity contribution is 5.98. The summed E-state index contributed by atoms with van der Waals surface area (Å²) in [5.74, 6) is -0.256. The number of benzene rings is 2. The molecule has 2 aromatic carbocycles. The number of H-pyrrole nitrogens is 1. The van der Waals surface area contributed by atoms with E-state index in [2.05, 4.69) is 27.4 Å². The third-order valence-electron chi connectivity index (χ3n) is 5.64. The smallest absolute Gasteiger partial charge is 0.269 e. The number of pyridine rings is 1. The first-order valence-corrected chi connectivity index (χ1v) is 10.7. The normalized spacial score (nSPS) is 11.8. The van der Waals surface area contributed by atoms with Crippen molar-refractivity contribution in [1.29, 1.82) is 0 Å². The molecule has 0 aliphatic rings. The summed E-state index contributed by atoms with van der Waals surface area (Å²) in [6.45, 7) is 0.445. The van der Waals surface area contributed by atoms with E-state index < -0.39 is 0 Å². The van der Waals surface area contributed by atoms with Gasteiger partial charge in [0.25, 0.3) is 11.8 Å². The Morgan fingerprint density at radius 1 is 1.03 bits per heavy atom. The minimum Gasteiger partial charge on any atom is -0.361 e. The fourth-order valence-corrected chi connectivity index (χ4v) is 3.81. The van der Waals surface area contributed by atoms with Gasteiger partial charge in [-0.1, -0.05) is 42.5 Å². The molecule has 0 bridgehead atoms. The predicted octanol–water partition coefficient (Wildman–Crippen LogP) is 4.07. The second-order valence-electron chi connectivity index (χ2n) is 7.80. The number of aromatic amines is 1. The van der Waals surface area contributed by atoms with Crippen molar-refractivity contribution >= 4 is 22.7 Å². The molecule has 0 radical (unpaired) electrons. The third kappa shape index (κ3) is 5.03. The lowest BCUT2D eigenvalue weighted by Crippen LogP contribution is -2.41. The molecule has 0 saturated carbocycles. The van der Waals surface area contributed by atoms with Gasteiger partial charge >= 0.3 is 0 Å². The van der Waals surface area contributed by atoms with Gasteiger partial charge in [0, 0.05) is 43.1 Å². The minimum absolute atomic E-state index is 0.0431. The van der Waals surface area contributed by atoms with E-state index in [1.807, 2.05) is 55.7 Å². The number of nitrogens with zero attached hydrogens (tertiary/aromatic N) is 2. The van der Waals surface area contributed by atoms with E-state index >= 15 is 0 Å². The second-order valence-corrected chi connectivity index (χ2v) is 7.80. The highest BCUT2D eigenvalue weighted by atomic mass is 16.2. The van der Waals surface area contributed by atoms with Crippen LogP contribution in [0.3, 0.4) is 0 Å². The fraction of sp³-hybridized carbons (Fsp3) is 0.192. The van der Waals surface area contributed by atoms with Crippen LogP contribution >= 0.6 is 0 Å². The quantitative estimate of drug-likeness (QED) is 0.446. The number of carbonyl (C=O) groups is 2. The number of carbonyl (C=O) groups excluding carboxylic acids is 2. The molecule has 1 unspecified atom stereocenters. The van der Waals surface area contributed by atoms with Crippen LogP contribution in [0.25, 0.3) is 10.9 Å². The molecule has 162 valence electrons. The van der Waals surface area contributed by atoms with Crippen molar-refractivity contribution in [2.75, 3.05) is 13.6 Å². The number of hydrogen-bond acceptors (Lipinski definition) is 3. The highest BCUT2D eigenvalue weighted by Crippen LogP contribution is 2.18. The largest absolute Gasteiger partial charge is 0.361 e. The van der Waals surface area contributed by atoms with Gasteiger partial charge < -0.3 is 15.2 Å². The maximum absolute atomic E-state index is 13.3. The van der Waals surface area contributed by atoms with Crippen LogP contribution in [0.15, 0.2) is 85.2 Å². The Bertz CT molecular complexity index is 1190. The van der Waals surface area contributed by atoms with Crippen LogP contribution in [0.2, 0.25) is 0 Å². The average molecular weight is 427 g/mol. The zero-order valence-corrected chi connectivity index (χ0v) is 18.0. The van der Waals surface area contributed by atoms with Crippen LogP contribution in [-0.2, 0) is 6.42 Å². The summed E-state index contributed by atoms with van der Waals surface area (Å²) in [6, 6.07) is 22.9. The number of amides is 2. The van der Waals surface area contributed by atoms with E-state index in [9.17, 15) is 9.59 Å². The minimum atomic E-state index is -0.213. The van der Waals surface area contributed by atoms with Gasteiger partial charge in [-0.05, 0) is 54.1 Å². The molecule has 2 amide bonds. The van der Waals surface area contributed by atoms with Crippen molar-refractivity contribution in [2.45, 2.75) is 18.9 Å². The van der Waals surface area contributed by atoms with E-state index in [4.69, 9.17) is 0 Å². The van der Waals surface area contributed by atoms with Crippen molar-refractivity contribution in [3.63, 3.8) is 0 Å². The van der Waals surface area contributed by atoms with Crippen molar-refractivity contribution in [1.82, 2.24) is 20.2 Å². The van der Waals surface area contributed by atoms with Gasteiger partial charge in [0.2, 0.25) is 0 Å². The molecule has 32 heavy (non-hydrogen) atoms. The molecule has 4 rings (SSSR count). The number of hydrogen-bond donors (Lipinski definition) is 2. The topological polar surface area (TPSA) is 78.1 Å². The van der Waals surface area contributed by atoms with Gasteiger partial charge in [-0.2, -0.15) is 0 Å². The van der Waals surface area contributed by atoms with Gasteiger partial charge in [0.1, 0.15) is 5.69 Å². The number of aromatic nitrogens is 2. The number of nitrogens with one attached hydrogen (secondary N) is 2. The Balaban J connectivity index is 1.47. The Morgan fingerprint density at radius 3 is 2.62 bits per heavy atom. The molecule has 6 nitrogen and oxygen atoms in total. The summed E-state index contributed by atoms with van der Waals surface area (Å²) < 4.78 is 0. The maximum Gasteiger partial charge on any atom is 0.269 e. The lowest BCUT2D eigenvalue weighted by Gasteiger charge is -2.29. The summed E-state index contributed by atoms with van der Waals surface area (Å²) in [5.41, 5.74) is 3.10. The molecule has 2 heterocycles. The maximum atomic E-state index is 13.3. The van der Waals surface area contributed by atoms with E-state index in [1.54, 1.807) is 29.3 Å². The molecule has 0 aliphatic heterocycles. The molecule has 2 aromatic heterocycles. The monoisotopic (exact) mass is 426 g/mol. The molecule has 0 spiro atoms. The molecular formula is C26H26N4O2.